The molecule has 1 fully saturated rings. The summed E-state index contributed by atoms with van der Waals surface area (Å²) >= 11 is 0. The summed E-state index contributed by atoms with van der Waals surface area (Å²) in [5.41, 5.74) is 0. The Morgan fingerprint density at radius 3 is 2.93 bits per heavy atom. The van der Waals surface area contributed by atoms with Gasteiger partial charge in [-0.25, -0.2) is 0 Å². The zero-order chi connectivity index (χ0) is 10.7. The van der Waals surface area contributed by atoms with E-state index in [0.29, 0.717) is 11.8 Å². The molecule has 1 aliphatic rings. The maximum absolute atomic E-state index is 5.68. The number of rotatable bonds is 4. The van der Waals surface area contributed by atoms with E-state index in [1.54, 1.807) is 0 Å². The van der Waals surface area contributed by atoms with E-state index in [2.05, 4.69) is 22.4 Å². The zero-order valence-electron chi connectivity index (χ0n) is 9.49. The van der Waals surface area contributed by atoms with Crippen LogP contribution in [-0.4, -0.2) is 23.8 Å². The van der Waals surface area contributed by atoms with Gasteiger partial charge in [0.25, 0.3) is 0 Å². The molecule has 0 aliphatic heterocycles. The second kappa shape index (κ2) is 4.75. The molecule has 1 aromatic rings. The smallest absolute Gasteiger partial charge is 0.219 e. The van der Waals surface area contributed by atoms with Gasteiger partial charge < -0.3 is 9.73 Å². The summed E-state index contributed by atoms with van der Waals surface area (Å²) in [6, 6.07) is 0. The van der Waals surface area contributed by atoms with Gasteiger partial charge in [-0.3, -0.25) is 0 Å². The fraction of sp³-hybridized carbons (Fsp3) is 0.818. The van der Waals surface area contributed by atoms with Crippen LogP contribution in [0.2, 0.25) is 0 Å². The predicted molar refractivity (Wildman–Crippen MR) is 57.7 cm³/mol. The Morgan fingerprint density at radius 1 is 1.40 bits per heavy atom. The lowest BCUT2D eigenvalue weighted by molar-refractivity contribution is 0.379. The SMILES string of the molecule is CNCCc1nnc(C2CCCC2C)o1. The molecule has 4 heteroatoms. The molecule has 0 amide bonds. The Kier molecular flexibility index (Phi) is 3.36. The molecule has 2 unspecified atom stereocenters. The standard InChI is InChI=1S/C11H19N3O/c1-8-4-3-5-9(8)11-14-13-10(15-11)6-7-12-2/h8-9,12H,3-7H2,1-2H3. The first-order chi connectivity index (χ1) is 7.31. The van der Waals surface area contributed by atoms with Crippen molar-refractivity contribution in [1.29, 1.82) is 0 Å². The fourth-order valence-corrected chi connectivity index (χ4v) is 2.26. The molecule has 84 valence electrons. The average Bonchev–Trinajstić information content (AvgIpc) is 2.83. The van der Waals surface area contributed by atoms with E-state index in [0.717, 1.165) is 24.7 Å². The quantitative estimate of drug-likeness (QED) is 0.820. The molecule has 2 atom stereocenters. The van der Waals surface area contributed by atoms with Crippen LogP contribution in [0.15, 0.2) is 4.42 Å². The summed E-state index contributed by atoms with van der Waals surface area (Å²) < 4.78 is 5.68. The van der Waals surface area contributed by atoms with E-state index in [1.807, 2.05) is 7.05 Å². The lowest BCUT2D eigenvalue weighted by Crippen LogP contribution is -2.10. The van der Waals surface area contributed by atoms with Crippen molar-refractivity contribution in [2.45, 2.75) is 38.5 Å². The molecule has 1 saturated carbocycles. The van der Waals surface area contributed by atoms with Crippen LogP contribution in [0.3, 0.4) is 0 Å². The molecule has 4 nitrogen and oxygen atoms in total. The van der Waals surface area contributed by atoms with Gasteiger partial charge in [0.1, 0.15) is 0 Å². The Morgan fingerprint density at radius 2 is 2.27 bits per heavy atom. The molecule has 0 radical (unpaired) electrons. The minimum absolute atomic E-state index is 0.501. The van der Waals surface area contributed by atoms with Gasteiger partial charge >= 0.3 is 0 Å². The van der Waals surface area contributed by atoms with Gasteiger partial charge in [-0.05, 0) is 25.8 Å². The number of hydrogen-bond acceptors (Lipinski definition) is 4. The Labute approximate surface area is 90.5 Å². The summed E-state index contributed by atoms with van der Waals surface area (Å²) in [5, 5.41) is 11.3. The normalized spacial score (nSPS) is 26.0. The van der Waals surface area contributed by atoms with Crippen molar-refractivity contribution in [2.75, 3.05) is 13.6 Å². The summed E-state index contributed by atoms with van der Waals surface area (Å²) in [5.74, 6) is 2.81. The van der Waals surface area contributed by atoms with E-state index < -0.39 is 0 Å². The predicted octanol–water partition coefficient (Wildman–Crippen LogP) is 1.74. The zero-order valence-corrected chi connectivity index (χ0v) is 9.49. The van der Waals surface area contributed by atoms with Gasteiger partial charge in [0.05, 0.1) is 0 Å². The third kappa shape index (κ3) is 2.37. The minimum atomic E-state index is 0.501. The second-order valence-corrected chi connectivity index (χ2v) is 4.40. The Bertz CT molecular complexity index is 311. The average molecular weight is 209 g/mol. The van der Waals surface area contributed by atoms with E-state index in [1.165, 1.54) is 19.3 Å². The van der Waals surface area contributed by atoms with Gasteiger partial charge in [-0.15, -0.1) is 10.2 Å². The number of aromatic nitrogens is 2. The van der Waals surface area contributed by atoms with E-state index in [9.17, 15) is 0 Å². The third-order valence-corrected chi connectivity index (χ3v) is 3.25. The molecule has 0 saturated heterocycles. The molecule has 1 N–H and O–H groups in total. The highest BCUT2D eigenvalue weighted by Crippen LogP contribution is 2.38. The highest BCUT2D eigenvalue weighted by molar-refractivity contribution is 4.97. The first-order valence-electron chi connectivity index (χ1n) is 5.78. The van der Waals surface area contributed by atoms with E-state index >= 15 is 0 Å². The van der Waals surface area contributed by atoms with Crippen molar-refractivity contribution in [2.24, 2.45) is 5.92 Å². The molecule has 1 aromatic heterocycles. The molecular formula is C11H19N3O. The van der Waals surface area contributed by atoms with Crippen molar-refractivity contribution in [1.82, 2.24) is 15.5 Å². The van der Waals surface area contributed by atoms with Crippen molar-refractivity contribution in [3.63, 3.8) is 0 Å². The number of likely N-dealkylation sites (N-methyl/N-ethyl adjacent to an activating group) is 1. The minimum Gasteiger partial charge on any atom is -0.425 e. The summed E-state index contributed by atoms with van der Waals surface area (Å²) in [6.45, 7) is 3.16. The lowest BCUT2D eigenvalue weighted by Gasteiger charge is -2.09. The summed E-state index contributed by atoms with van der Waals surface area (Å²) in [7, 11) is 1.93. The molecule has 1 heterocycles. The van der Waals surface area contributed by atoms with Gasteiger partial charge in [0.15, 0.2) is 0 Å². The molecule has 0 spiro atoms. The monoisotopic (exact) mass is 209 g/mol. The van der Waals surface area contributed by atoms with Crippen LogP contribution in [0.1, 0.15) is 43.9 Å². The van der Waals surface area contributed by atoms with Crippen molar-refractivity contribution < 1.29 is 4.42 Å². The van der Waals surface area contributed by atoms with Gasteiger partial charge in [-0.1, -0.05) is 13.3 Å². The van der Waals surface area contributed by atoms with E-state index in [4.69, 9.17) is 4.42 Å². The van der Waals surface area contributed by atoms with Crippen LogP contribution in [0, 0.1) is 5.92 Å². The molecule has 2 rings (SSSR count). The molecule has 1 aliphatic carbocycles. The largest absolute Gasteiger partial charge is 0.425 e. The van der Waals surface area contributed by atoms with Crippen molar-refractivity contribution in [3.8, 4) is 0 Å². The Balaban J connectivity index is 1.99. The maximum Gasteiger partial charge on any atom is 0.219 e. The number of nitrogens with zero attached hydrogens (tertiary/aromatic N) is 2. The summed E-state index contributed by atoms with van der Waals surface area (Å²) in [6.07, 6.45) is 4.61. The third-order valence-electron chi connectivity index (χ3n) is 3.25. The Hall–Kier alpha value is -0.900. The van der Waals surface area contributed by atoms with Crippen LogP contribution >= 0.6 is 0 Å². The van der Waals surface area contributed by atoms with Crippen LogP contribution in [0.4, 0.5) is 0 Å². The second-order valence-electron chi connectivity index (χ2n) is 4.40. The topological polar surface area (TPSA) is 51.0 Å². The van der Waals surface area contributed by atoms with Gasteiger partial charge in [0, 0.05) is 18.9 Å². The highest BCUT2D eigenvalue weighted by Gasteiger charge is 2.29. The van der Waals surface area contributed by atoms with Crippen molar-refractivity contribution >= 4 is 0 Å². The lowest BCUT2D eigenvalue weighted by atomic mass is 9.98. The number of hydrogen-bond donors (Lipinski definition) is 1. The molecule has 0 bridgehead atoms. The van der Waals surface area contributed by atoms with Crippen LogP contribution in [0.25, 0.3) is 0 Å². The molecule has 0 aromatic carbocycles. The van der Waals surface area contributed by atoms with Crippen molar-refractivity contribution in [3.05, 3.63) is 11.8 Å². The first-order valence-corrected chi connectivity index (χ1v) is 5.78. The van der Waals surface area contributed by atoms with Crippen LogP contribution in [0.5, 0.6) is 0 Å². The number of nitrogens with one attached hydrogen (secondary N) is 1. The van der Waals surface area contributed by atoms with Gasteiger partial charge in [-0.2, -0.15) is 0 Å². The van der Waals surface area contributed by atoms with Crippen LogP contribution in [-0.2, 0) is 6.42 Å². The highest BCUT2D eigenvalue weighted by atomic mass is 16.4. The fourth-order valence-electron chi connectivity index (χ4n) is 2.26. The van der Waals surface area contributed by atoms with E-state index in [-0.39, 0.29) is 0 Å². The summed E-state index contributed by atoms with van der Waals surface area (Å²) in [4.78, 5) is 0. The van der Waals surface area contributed by atoms with Crippen LogP contribution < -0.4 is 5.32 Å². The van der Waals surface area contributed by atoms with Gasteiger partial charge in [0.2, 0.25) is 11.8 Å². The molecule has 15 heavy (non-hydrogen) atoms. The first kappa shape index (κ1) is 10.6. The molecular weight excluding hydrogens is 190 g/mol. The maximum atomic E-state index is 5.68.